The van der Waals surface area contributed by atoms with Crippen LogP contribution in [0.15, 0.2) is 70.9 Å². The Morgan fingerprint density at radius 1 is 1.12 bits per heavy atom. The summed E-state index contributed by atoms with van der Waals surface area (Å²) in [6.45, 7) is 0. The lowest BCUT2D eigenvalue weighted by Gasteiger charge is -2.23. The molecule has 1 aliphatic heterocycles. The Labute approximate surface area is 152 Å². The largest absolute Gasteiger partial charge is 0.497 e. The van der Waals surface area contributed by atoms with Crippen LogP contribution in [-0.4, -0.2) is 16.8 Å². The second-order valence-electron chi connectivity index (χ2n) is 5.60. The smallest absolute Gasteiger partial charge is 0.202 e. The Balaban J connectivity index is 1.65. The highest BCUT2D eigenvalue weighted by Crippen LogP contribution is 2.40. The van der Waals surface area contributed by atoms with Crippen molar-refractivity contribution in [2.24, 2.45) is 0 Å². The van der Waals surface area contributed by atoms with Crippen molar-refractivity contribution in [3.63, 3.8) is 0 Å². The van der Waals surface area contributed by atoms with E-state index >= 15 is 0 Å². The molecule has 128 valence electrons. The van der Waals surface area contributed by atoms with Crippen molar-refractivity contribution in [3.8, 4) is 11.5 Å². The van der Waals surface area contributed by atoms with Gasteiger partial charge >= 0.3 is 0 Å². The average molecular weight is 371 g/mol. The number of nitrogens with one attached hydrogen (secondary N) is 1. The van der Waals surface area contributed by atoms with Crippen LogP contribution in [0, 0.1) is 0 Å². The van der Waals surface area contributed by atoms with Crippen LogP contribution in [0.3, 0.4) is 0 Å². The SMILES string of the molecule is COc1ccc(N[C@@H](c2cccs2)[C@@H]2Oc3ccccc3S2=O)cc1. The third kappa shape index (κ3) is 3.15. The zero-order chi connectivity index (χ0) is 17.2. The molecule has 4 rings (SSSR count). The highest BCUT2D eigenvalue weighted by Gasteiger charge is 2.38. The predicted octanol–water partition coefficient (Wildman–Crippen LogP) is 4.44. The molecule has 1 aliphatic rings. The molecule has 1 aromatic heterocycles. The lowest BCUT2D eigenvalue weighted by Crippen LogP contribution is -2.30. The van der Waals surface area contributed by atoms with E-state index in [-0.39, 0.29) is 6.04 Å². The number of methoxy groups -OCH3 is 1. The normalized spacial score (nSPS) is 19.7. The third-order valence-electron chi connectivity index (χ3n) is 4.05. The fourth-order valence-electron chi connectivity index (χ4n) is 2.81. The summed E-state index contributed by atoms with van der Waals surface area (Å²) >= 11 is 1.62. The molecule has 0 aliphatic carbocycles. The monoisotopic (exact) mass is 371 g/mol. The number of fused-ring (bicyclic) bond motifs is 1. The number of para-hydroxylation sites is 1. The molecule has 0 amide bonds. The van der Waals surface area contributed by atoms with Gasteiger partial charge in [0.25, 0.3) is 0 Å². The van der Waals surface area contributed by atoms with Crippen molar-refractivity contribution in [1.82, 2.24) is 0 Å². The fourth-order valence-corrected chi connectivity index (χ4v) is 5.12. The minimum Gasteiger partial charge on any atom is -0.497 e. The summed E-state index contributed by atoms with van der Waals surface area (Å²) in [6.07, 6.45) is 0. The molecule has 2 aromatic carbocycles. The zero-order valence-corrected chi connectivity index (χ0v) is 15.2. The Bertz CT molecular complexity index is 878. The molecule has 0 spiro atoms. The van der Waals surface area contributed by atoms with Crippen LogP contribution in [0.4, 0.5) is 5.69 Å². The molecule has 0 bridgehead atoms. The van der Waals surface area contributed by atoms with Crippen LogP contribution in [0.1, 0.15) is 10.9 Å². The lowest BCUT2D eigenvalue weighted by atomic mass is 10.2. The van der Waals surface area contributed by atoms with Gasteiger partial charge in [-0.25, -0.2) is 0 Å². The van der Waals surface area contributed by atoms with Crippen LogP contribution in [0.2, 0.25) is 0 Å². The van der Waals surface area contributed by atoms with E-state index in [4.69, 9.17) is 9.47 Å². The first-order chi connectivity index (χ1) is 12.3. The average Bonchev–Trinajstić information content (AvgIpc) is 3.29. The second-order valence-corrected chi connectivity index (χ2v) is 8.07. The topological polar surface area (TPSA) is 47.6 Å². The molecule has 1 N–H and O–H groups in total. The van der Waals surface area contributed by atoms with Crippen molar-refractivity contribution in [1.29, 1.82) is 0 Å². The van der Waals surface area contributed by atoms with E-state index in [1.54, 1.807) is 18.4 Å². The standard InChI is InChI=1S/C19H17NO3S2/c1-22-14-10-8-13(9-11-14)20-18(16-6-4-12-24-16)19-23-15-5-2-3-7-17(15)25(19)21/h2-12,18-20H,1H3/t18-,19+,25?/m0/s1. The molecule has 4 nitrogen and oxygen atoms in total. The highest BCUT2D eigenvalue weighted by molar-refractivity contribution is 7.86. The molecule has 6 heteroatoms. The summed E-state index contributed by atoms with van der Waals surface area (Å²) in [5.41, 5.74) is 0.453. The molecule has 3 aromatic rings. The van der Waals surface area contributed by atoms with Gasteiger partial charge in [-0.3, -0.25) is 4.21 Å². The van der Waals surface area contributed by atoms with E-state index < -0.39 is 16.2 Å². The van der Waals surface area contributed by atoms with Gasteiger partial charge in [-0.2, -0.15) is 0 Å². The maximum atomic E-state index is 13.0. The highest BCUT2D eigenvalue weighted by atomic mass is 32.2. The number of hydrogen-bond acceptors (Lipinski definition) is 5. The Morgan fingerprint density at radius 3 is 2.60 bits per heavy atom. The number of thiophene rings is 1. The lowest BCUT2D eigenvalue weighted by molar-refractivity contribution is 0.269. The molecule has 0 fully saturated rings. The molecule has 0 radical (unpaired) electrons. The van der Waals surface area contributed by atoms with Crippen molar-refractivity contribution >= 4 is 27.8 Å². The van der Waals surface area contributed by atoms with Gasteiger partial charge in [0.1, 0.15) is 28.3 Å². The first-order valence-corrected chi connectivity index (χ1v) is 9.96. The van der Waals surface area contributed by atoms with Crippen molar-refractivity contribution in [2.75, 3.05) is 12.4 Å². The van der Waals surface area contributed by atoms with Gasteiger partial charge < -0.3 is 14.8 Å². The van der Waals surface area contributed by atoms with E-state index in [9.17, 15) is 4.21 Å². The quantitative estimate of drug-likeness (QED) is 0.720. The van der Waals surface area contributed by atoms with Gasteiger partial charge in [-0.1, -0.05) is 18.2 Å². The third-order valence-corrected chi connectivity index (χ3v) is 6.57. The molecule has 0 saturated heterocycles. The van der Waals surface area contributed by atoms with E-state index in [1.807, 2.05) is 66.0 Å². The molecule has 25 heavy (non-hydrogen) atoms. The van der Waals surface area contributed by atoms with Crippen molar-refractivity contribution < 1.29 is 13.7 Å². The van der Waals surface area contributed by atoms with Gasteiger partial charge in [-0.05, 0) is 47.8 Å². The fraction of sp³-hybridized carbons (Fsp3) is 0.158. The molecular formula is C19H17NO3S2. The van der Waals surface area contributed by atoms with Crippen LogP contribution in [0.5, 0.6) is 11.5 Å². The second kappa shape index (κ2) is 6.90. The summed E-state index contributed by atoms with van der Waals surface area (Å²) in [7, 11) is 0.410. The van der Waals surface area contributed by atoms with Gasteiger partial charge in [-0.15, -0.1) is 11.3 Å². The van der Waals surface area contributed by atoms with Gasteiger partial charge in [0.2, 0.25) is 5.44 Å². The summed E-state index contributed by atoms with van der Waals surface area (Å²) < 4.78 is 24.2. The van der Waals surface area contributed by atoms with Gasteiger partial charge in [0.15, 0.2) is 0 Å². The number of hydrogen-bond donors (Lipinski definition) is 1. The first kappa shape index (κ1) is 16.2. The zero-order valence-electron chi connectivity index (χ0n) is 13.5. The maximum Gasteiger partial charge on any atom is 0.202 e. The minimum absolute atomic E-state index is 0.207. The Hall–Kier alpha value is -2.31. The van der Waals surface area contributed by atoms with Crippen LogP contribution < -0.4 is 14.8 Å². The van der Waals surface area contributed by atoms with Crippen molar-refractivity contribution in [2.45, 2.75) is 16.4 Å². The Morgan fingerprint density at radius 2 is 1.92 bits per heavy atom. The number of rotatable bonds is 5. The first-order valence-electron chi connectivity index (χ1n) is 7.86. The number of anilines is 1. The van der Waals surface area contributed by atoms with Crippen LogP contribution in [0.25, 0.3) is 0 Å². The molecule has 0 saturated carbocycles. The number of ether oxygens (including phenoxy) is 2. The molecule has 2 heterocycles. The maximum absolute atomic E-state index is 13.0. The summed E-state index contributed by atoms with van der Waals surface area (Å²) in [4.78, 5) is 1.84. The predicted molar refractivity (Wildman–Crippen MR) is 101 cm³/mol. The van der Waals surface area contributed by atoms with Gasteiger partial charge in [0, 0.05) is 10.6 Å². The van der Waals surface area contributed by atoms with Gasteiger partial charge in [0.05, 0.1) is 12.0 Å². The van der Waals surface area contributed by atoms with Crippen LogP contribution in [-0.2, 0) is 10.8 Å². The molecule has 3 atom stereocenters. The minimum atomic E-state index is -1.23. The van der Waals surface area contributed by atoms with Crippen LogP contribution >= 0.6 is 11.3 Å². The van der Waals surface area contributed by atoms with E-state index in [1.165, 1.54) is 0 Å². The Kier molecular flexibility index (Phi) is 4.46. The summed E-state index contributed by atoms with van der Waals surface area (Å²) in [5, 5.41) is 5.49. The van der Waals surface area contributed by atoms with E-state index in [2.05, 4.69) is 5.32 Å². The van der Waals surface area contributed by atoms with E-state index in [0.717, 1.165) is 21.2 Å². The summed E-state index contributed by atoms with van der Waals surface area (Å²) in [5.74, 6) is 1.50. The summed E-state index contributed by atoms with van der Waals surface area (Å²) in [6, 6.07) is 19.0. The van der Waals surface area contributed by atoms with E-state index in [0.29, 0.717) is 5.75 Å². The molecule has 1 unspecified atom stereocenters. The number of benzene rings is 2. The molecular weight excluding hydrogens is 354 g/mol. The van der Waals surface area contributed by atoms with Crippen molar-refractivity contribution in [3.05, 3.63) is 70.9 Å².